The Balaban J connectivity index is 1.37. The first kappa shape index (κ1) is 23.3. The van der Waals surface area contributed by atoms with Gasteiger partial charge in [0.05, 0.1) is 5.52 Å². The van der Waals surface area contributed by atoms with Crippen LogP contribution in [0.3, 0.4) is 0 Å². The summed E-state index contributed by atoms with van der Waals surface area (Å²) in [6.45, 7) is 2.99. The van der Waals surface area contributed by atoms with Gasteiger partial charge in [0.2, 0.25) is 0 Å². The first-order valence-corrected chi connectivity index (χ1v) is 12.1. The van der Waals surface area contributed by atoms with E-state index in [2.05, 4.69) is 20.4 Å². The standard InChI is InChI=1S/C24H23F3N6OS/c1-14-11-19(31-32(14)2)23(34)33-8-5-16(6-9-33)29-22-17-3-4-20(24(25,26)27)30-21(17)18(12-28-22)15-7-10-35-13-15/h3-4,7,10-13,16H,5-6,8-9H2,1-2H3,(H,28,29). The fourth-order valence-electron chi connectivity index (χ4n) is 4.26. The van der Waals surface area contributed by atoms with Crippen LogP contribution in [0.25, 0.3) is 22.0 Å². The van der Waals surface area contributed by atoms with E-state index in [4.69, 9.17) is 0 Å². The van der Waals surface area contributed by atoms with Gasteiger partial charge in [-0.05, 0) is 60.4 Å². The number of likely N-dealkylation sites (tertiary alicyclic amines) is 1. The Bertz CT molecular complexity index is 1350. The molecule has 0 radical (unpaired) electrons. The maximum atomic E-state index is 13.4. The number of fused-ring (bicyclic) bond motifs is 1. The Labute approximate surface area is 203 Å². The van der Waals surface area contributed by atoms with Gasteiger partial charge in [-0.1, -0.05) is 0 Å². The number of carbonyl (C=O) groups is 1. The van der Waals surface area contributed by atoms with E-state index < -0.39 is 11.9 Å². The Morgan fingerprint density at radius 2 is 1.97 bits per heavy atom. The molecule has 4 aromatic heterocycles. The Morgan fingerprint density at radius 3 is 2.60 bits per heavy atom. The van der Waals surface area contributed by atoms with E-state index >= 15 is 0 Å². The average molecular weight is 501 g/mol. The summed E-state index contributed by atoms with van der Waals surface area (Å²) in [4.78, 5) is 23.1. The minimum absolute atomic E-state index is 0.0227. The summed E-state index contributed by atoms with van der Waals surface area (Å²) in [5.41, 5.74) is 2.01. The van der Waals surface area contributed by atoms with E-state index in [1.165, 1.54) is 17.4 Å². The fraction of sp³-hybridized carbons (Fsp3) is 0.333. The summed E-state index contributed by atoms with van der Waals surface area (Å²) in [7, 11) is 1.80. The lowest BCUT2D eigenvalue weighted by atomic mass is 10.0. The van der Waals surface area contributed by atoms with Crippen LogP contribution in [0.4, 0.5) is 19.0 Å². The maximum absolute atomic E-state index is 13.4. The number of pyridine rings is 2. The third-order valence-electron chi connectivity index (χ3n) is 6.31. The molecule has 5 rings (SSSR count). The molecule has 7 nitrogen and oxygen atoms in total. The molecule has 0 aliphatic carbocycles. The third kappa shape index (κ3) is 4.60. The van der Waals surface area contributed by atoms with Crippen molar-refractivity contribution in [3.05, 3.63) is 58.3 Å². The van der Waals surface area contributed by atoms with E-state index in [-0.39, 0.29) is 17.5 Å². The summed E-state index contributed by atoms with van der Waals surface area (Å²) in [6.07, 6.45) is -1.60. The van der Waals surface area contributed by atoms with Crippen molar-refractivity contribution in [3.63, 3.8) is 0 Å². The number of aryl methyl sites for hydroxylation is 2. The normalized spacial score (nSPS) is 15.1. The number of carbonyl (C=O) groups excluding carboxylic acids is 1. The molecule has 1 amide bonds. The average Bonchev–Trinajstić information content (AvgIpc) is 3.48. The quantitative estimate of drug-likeness (QED) is 0.420. The zero-order valence-electron chi connectivity index (χ0n) is 19.1. The molecule has 1 aliphatic rings. The van der Waals surface area contributed by atoms with E-state index in [9.17, 15) is 18.0 Å². The maximum Gasteiger partial charge on any atom is 0.433 e. The van der Waals surface area contributed by atoms with Crippen LogP contribution in [0.1, 0.15) is 34.7 Å². The minimum atomic E-state index is -4.54. The number of amides is 1. The summed E-state index contributed by atoms with van der Waals surface area (Å²) >= 11 is 1.46. The molecule has 35 heavy (non-hydrogen) atoms. The minimum Gasteiger partial charge on any atom is -0.367 e. The molecule has 1 N–H and O–H groups in total. The van der Waals surface area contributed by atoms with Crippen molar-refractivity contribution in [1.82, 2.24) is 24.6 Å². The molecule has 11 heteroatoms. The molecule has 0 atom stereocenters. The number of anilines is 1. The first-order valence-electron chi connectivity index (χ1n) is 11.2. The number of nitrogens with zero attached hydrogens (tertiary/aromatic N) is 5. The molecule has 1 aliphatic heterocycles. The van der Waals surface area contributed by atoms with E-state index in [1.807, 2.05) is 23.8 Å². The van der Waals surface area contributed by atoms with Crippen molar-refractivity contribution in [1.29, 1.82) is 0 Å². The number of hydrogen-bond donors (Lipinski definition) is 1. The topological polar surface area (TPSA) is 75.9 Å². The zero-order valence-corrected chi connectivity index (χ0v) is 20.0. The SMILES string of the molecule is Cc1cc(C(=O)N2CCC(Nc3ncc(-c4ccsc4)c4nc(C(F)(F)F)ccc34)CC2)nn1C. The van der Waals surface area contributed by atoms with Crippen molar-refractivity contribution in [2.24, 2.45) is 7.05 Å². The molecule has 1 fully saturated rings. The Morgan fingerprint density at radius 1 is 1.20 bits per heavy atom. The molecule has 0 unspecified atom stereocenters. The summed E-state index contributed by atoms with van der Waals surface area (Å²) in [5.74, 6) is 0.394. The van der Waals surface area contributed by atoms with Gasteiger partial charge in [-0.15, -0.1) is 0 Å². The third-order valence-corrected chi connectivity index (χ3v) is 6.99. The Hall–Kier alpha value is -3.47. The van der Waals surface area contributed by atoms with Crippen LogP contribution < -0.4 is 5.32 Å². The van der Waals surface area contributed by atoms with Gasteiger partial charge in [-0.25, -0.2) is 9.97 Å². The predicted molar refractivity (Wildman–Crippen MR) is 128 cm³/mol. The van der Waals surface area contributed by atoms with Crippen molar-refractivity contribution in [2.75, 3.05) is 18.4 Å². The highest BCUT2D eigenvalue weighted by atomic mass is 32.1. The van der Waals surface area contributed by atoms with Crippen LogP contribution in [0.2, 0.25) is 0 Å². The van der Waals surface area contributed by atoms with Crippen LogP contribution in [0.15, 0.2) is 41.2 Å². The van der Waals surface area contributed by atoms with Gasteiger partial charge in [-0.2, -0.15) is 29.6 Å². The van der Waals surface area contributed by atoms with Crippen molar-refractivity contribution >= 4 is 34.0 Å². The molecule has 182 valence electrons. The number of alkyl halides is 3. The molecule has 5 heterocycles. The van der Waals surface area contributed by atoms with Gasteiger partial charge in [0.25, 0.3) is 5.91 Å². The molecule has 0 spiro atoms. The summed E-state index contributed by atoms with van der Waals surface area (Å²) < 4.78 is 41.8. The number of hydrogen-bond acceptors (Lipinski definition) is 6. The second-order valence-corrected chi connectivity index (χ2v) is 9.41. The summed E-state index contributed by atoms with van der Waals surface area (Å²) in [6, 6.07) is 6.06. The number of rotatable bonds is 4. The molecule has 0 bridgehead atoms. The number of thiophene rings is 1. The number of aromatic nitrogens is 4. The highest BCUT2D eigenvalue weighted by Crippen LogP contribution is 2.35. The van der Waals surface area contributed by atoms with Crippen LogP contribution in [0.5, 0.6) is 0 Å². The van der Waals surface area contributed by atoms with Gasteiger partial charge < -0.3 is 10.2 Å². The van der Waals surface area contributed by atoms with E-state index in [1.54, 1.807) is 28.9 Å². The summed E-state index contributed by atoms with van der Waals surface area (Å²) in [5, 5.41) is 11.9. The Kier molecular flexibility index (Phi) is 5.96. The van der Waals surface area contributed by atoms with E-state index in [0.29, 0.717) is 48.4 Å². The number of piperidine rings is 1. The van der Waals surface area contributed by atoms with Gasteiger partial charge in [0.1, 0.15) is 11.5 Å². The highest BCUT2D eigenvalue weighted by Gasteiger charge is 2.33. The largest absolute Gasteiger partial charge is 0.433 e. The van der Waals surface area contributed by atoms with Gasteiger partial charge >= 0.3 is 6.18 Å². The zero-order chi connectivity index (χ0) is 24.7. The predicted octanol–water partition coefficient (Wildman–Crippen LogP) is 5.14. The molecule has 0 saturated carbocycles. The van der Waals surface area contributed by atoms with Crippen LogP contribution in [-0.4, -0.2) is 49.7 Å². The molecular formula is C24H23F3N6OS. The van der Waals surface area contributed by atoms with Crippen LogP contribution in [-0.2, 0) is 13.2 Å². The van der Waals surface area contributed by atoms with Crippen LogP contribution >= 0.6 is 11.3 Å². The van der Waals surface area contributed by atoms with Crippen molar-refractivity contribution in [2.45, 2.75) is 32.0 Å². The van der Waals surface area contributed by atoms with E-state index in [0.717, 1.165) is 17.3 Å². The number of halogens is 3. The highest BCUT2D eigenvalue weighted by molar-refractivity contribution is 7.08. The lowest BCUT2D eigenvalue weighted by Crippen LogP contribution is -2.42. The van der Waals surface area contributed by atoms with Crippen molar-refractivity contribution in [3.8, 4) is 11.1 Å². The van der Waals surface area contributed by atoms with Gasteiger partial charge in [0, 0.05) is 49.0 Å². The second kappa shape index (κ2) is 8.95. The van der Waals surface area contributed by atoms with Crippen LogP contribution in [0, 0.1) is 6.92 Å². The monoisotopic (exact) mass is 500 g/mol. The van der Waals surface area contributed by atoms with Crippen molar-refractivity contribution < 1.29 is 18.0 Å². The lowest BCUT2D eigenvalue weighted by molar-refractivity contribution is -0.140. The van der Waals surface area contributed by atoms with Gasteiger partial charge in [0.15, 0.2) is 5.69 Å². The first-order chi connectivity index (χ1) is 16.7. The fourth-order valence-corrected chi connectivity index (χ4v) is 4.92. The molecule has 0 aromatic carbocycles. The smallest absolute Gasteiger partial charge is 0.367 e. The molecular weight excluding hydrogens is 477 g/mol. The molecule has 4 aromatic rings. The second-order valence-electron chi connectivity index (χ2n) is 8.63. The lowest BCUT2D eigenvalue weighted by Gasteiger charge is -2.32. The van der Waals surface area contributed by atoms with Gasteiger partial charge in [-0.3, -0.25) is 9.48 Å². The number of nitrogens with one attached hydrogen (secondary N) is 1. The molecule has 1 saturated heterocycles.